The van der Waals surface area contributed by atoms with E-state index >= 15 is 0 Å². The van der Waals surface area contributed by atoms with Crippen LogP contribution in [-0.4, -0.2) is 25.3 Å². The van der Waals surface area contributed by atoms with Crippen molar-refractivity contribution >= 4 is 17.6 Å². The summed E-state index contributed by atoms with van der Waals surface area (Å²) in [6.07, 6.45) is 0. The van der Waals surface area contributed by atoms with E-state index in [2.05, 4.69) is 0 Å². The molecule has 0 saturated heterocycles. The van der Waals surface area contributed by atoms with Crippen LogP contribution in [-0.2, 0) is 0 Å². The SMILES string of the molecule is COc1cc(C(=O)O)ccc1-c1cc(Cl)ccc1OC. The van der Waals surface area contributed by atoms with Crippen LogP contribution in [0.3, 0.4) is 0 Å². The fraction of sp³-hybridized carbons (Fsp3) is 0.133. The number of carboxylic acids is 1. The number of methoxy groups -OCH3 is 2. The maximum Gasteiger partial charge on any atom is 0.335 e. The molecule has 104 valence electrons. The summed E-state index contributed by atoms with van der Waals surface area (Å²) >= 11 is 6.01. The minimum absolute atomic E-state index is 0.159. The van der Waals surface area contributed by atoms with Gasteiger partial charge in [-0.05, 0) is 36.4 Å². The van der Waals surface area contributed by atoms with E-state index in [0.29, 0.717) is 16.5 Å². The van der Waals surface area contributed by atoms with E-state index in [1.807, 2.05) is 0 Å². The lowest BCUT2D eigenvalue weighted by Crippen LogP contribution is -1.98. The van der Waals surface area contributed by atoms with Crippen LogP contribution in [0.2, 0.25) is 5.02 Å². The zero-order valence-corrected chi connectivity index (χ0v) is 11.8. The second kappa shape index (κ2) is 5.84. The van der Waals surface area contributed by atoms with Crippen molar-refractivity contribution < 1.29 is 19.4 Å². The Hall–Kier alpha value is -2.20. The minimum Gasteiger partial charge on any atom is -0.496 e. The van der Waals surface area contributed by atoms with Crippen LogP contribution in [0, 0.1) is 0 Å². The number of ether oxygens (including phenoxy) is 2. The zero-order chi connectivity index (χ0) is 14.7. The molecular formula is C15H13ClO4. The predicted molar refractivity (Wildman–Crippen MR) is 77.0 cm³/mol. The Kier molecular flexibility index (Phi) is 4.15. The van der Waals surface area contributed by atoms with E-state index in [4.69, 9.17) is 26.2 Å². The molecule has 2 rings (SSSR count). The summed E-state index contributed by atoms with van der Waals surface area (Å²) in [5.41, 5.74) is 1.62. The van der Waals surface area contributed by atoms with Crippen molar-refractivity contribution in [2.24, 2.45) is 0 Å². The molecule has 0 spiro atoms. The number of carbonyl (C=O) groups is 1. The molecule has 1 N–H and O–H groups in total. The van der Waals surface area contributed by atoms with Gasteiger partial charge in [-0.3, -0.25) is 0 Å². The molecule has 0 aliphatic rings. The van der Waals surface area contributed by atoms with Crippen molar-refractivity contribution in [3.63, 3.8) is 0 Å². The highest BCUT2D eigenvalue weighted by molar-refractivity contribution is 6.31. The van der Waals surface area contributed by atoms with E-state index in [0.717, 1.165) is 11.1 Å². The lowest BCUT2D eigenvalue weighted by molar-refractivity contribution is 0.0696. The molecule has 0 fully saturated rings. The number of hydrogen-bond acceptors (Lipinski definition) is 3. The quantitative estimate of drug-likeness (QED) is 0.933. The van der Waals surface area contributed by atoms with Gasteiger partial charge >= 0.3 is 5.97 Å². The smallest absolute Gasteiger partial charge is 0.335 e. The molecule has 0 unspecified atom stereocenters. The second-order valence-electron chi connectivity index (χ2n) is 4.06. The minimum atomic E-state index is -1.01. The normalized spacial score (nSPS) is 10.2. The fourth-order valence-corrected chi connectivity index (χ4v) is 2.11. The van der Waals surface area contributed by atoms with Gasteiger partial charge in [-0.2, -0.15) is 0 Å². The number of halogens is 1. The maximum atomic E-state index is 11.0. The third-order valence-electron chi connectivity index (χ3n) is 2.90. The molecule has 0 radical (unpaired) electrons. The van der Waals surface area contributed by atoms with E-state index in [1.54, 1.807) is 31.4 Å². The van der Waals surface area contributed by atoms with Gasteiger partial charge in [-0.1, -0.05) is 11.6 Å². The van der Waals surface area contributed by atoms with Crippen LogP contribution in [0.5, 0.6) is 11.5 Å². The first-order valence-corrected chi connectivity index (χ1v) is 6.20. The Morgan fingerprint density at radius 3 is 2.30 bits per heavy atom. The molecule has 0 saturated carbocycles. The summed E-state index contributed by atoms with van der Waals surface area (Å²) in [7, 11) is 3.05. The van der Waals surface area contributed by atoms with E-state index in [9.17, 15) is 4.79 Å². The number of carboxylic acid groups (broad SMARTS) is 1. The first-order valence-electron chi connectivity index (χ1n) is 5.82. The van der Waals surface area contributed by atoms with Crippen LogP contribution >= 0.6 is 11.6 Å². The van der Waals surface area contributed by atoms with Gasteiger partial charge in [0.05, 0.1) is 19.8 Å². The molecule has 0 amide bonds. The Balaban J connectivity index is 2.63. The van der Waals surface area contributed by atoms with Gasteiger partial charge in [0.25, 0.3) is 0 Å². The maximum absolute atomic E-state index is 11.0. The van der Waals surface area contributed by atoms with Gasteiger partial charge in [0.15, 0.2) is 0 Å². The number of aromatic carboxylic acids is 1. The molecule has 0 heterocycles. The number of benzene rings is 2. The highest BCUT2D eigenvalue weighted by Crippen LogP contribution is 2.38. The molecular weight excluding hydrogens is 280 g/mol. The molecule has 5 heteroatoms. The molecule has 0 atom stereocenters. The number of hydrogen-bond donors (Lipinski definition) is 1. The molecule has 4 nitrogen and oxygen atoms in total. The Morgan fingerprint density at radius 2 is 1.70 bits per heavy atom. The standard InChI is InChI=1S/C15H13ClO4/c1-19-13-6-4-10(16)8-12(13)11-5-3-9(15(17)18)7-14(11)20-2/h3-8H,1-2H3,(H,17,18). The summed E-state index contributed by atoms with van der Waals surface area (Å²) < 4.78 is 10.6. The molecule has 2 aromatic rings. The third-order valence-corrected chi connectivity index (χ3v) is 3.14. The average Bonchev–Trinajstić information content (AvgIpc) is 2.46. The second-order valence-corrected chi connectivity index (χ2v) is 4.50. The average molecular weight is 293 g/mol. The van der Waals surface area contributed by atoms with Crippen molar-refractivity contribution in [2.45, 2.75) is 0 Å². The van der Waals surface area contributed by atoms with Crippen molar-refractivity contribution in [1.29, 1.82) is 0 Å². The molecule has 0 aliphatic carbocycles. The Labute approximate surface area is 121 Å². The molecule has 0 aromatic heterocycles. The van der Waals surface area contributed by atoms with Crippen LogP contribution in [0.4, 0.5) is 0 Å². The zero-order valence-electron chi connectivity index (χ0n) is 11.0. The topological polar surface area (TPSA) is 55.8 Å². The van der Waals surface area contributed by atoms with Crippen molar-refractivity contribution in [2.75, 3.05) is 14.2 Å². The predicted octanol–water partition coefficient (Wildman–Crippen LogP) is 3.72. The van der Waals surface area contributed by atoms with Gasteiger partial charge in [0, 0.05) is 16.1 Å². The van der Waals surface area contributed by atoms with E-state index < -0.39 is 5.97 Å². The largest absolute Gasteiger partial charge is 0.496 e. The fourth-order valence-electron chi connectivity index (χ4n) is 1.94. The van der Waals surface area contributed by atoms with Crippen LogP contribution in [0.15, 0.2) is 36.4 Å². The van der Waals surface area contributed by atoms with Crippen LogP contribution < -0.4 is 9.47 Å². The van der Waals surface area contributed by atoms with Crippen LogP contribution in [0.25, 0.3) is 11.1 Å². The lowest BCUT2D eigenvalue weighted by Gasteiger charge is -2.13. The highest BCUT2D eigenvalue weighted by atomic mass is 35.5. The molecule has 20 heavy (non-hydrogen) atoms. The third kappa shape index (κ3) is 2.70. The first kappa shape index (κ1) is 14.2. The van der Waals surface area contributed by atoms with E-state index in [-0.39, 0.29) is 5.56 Å². The van der Waals surface area contributed by atoms with Gasteiger partial charge in [0.2, 0.25) is 0 Å². The lowest BCUT2D eigenvalue weighted by atomic mass is 10.0. The van der Waals surface area contributed by atoms with Gasteiger partial charge in [0.1, 0.15) is 11.5 Å². The number of rotatable bonds is 4. The van der Waals surface area contributed by atoms with Gasteiger partial charge < -0.3 is 14.6 Å². The first-order chi connectivity index (χ1) is 9.56. The van der Waals surface area contributed by atoms with Gasteiger partial charge in [-0.15, -0.1) is 0 Å². The molecule has 0 bridgehead atoms. The van der Waals surface area contributed by atoms with Crippen LogP contribution in [0.1, 0.15) is 10.4 Å². The summed E-state index contributed by atoms with van der Waals surface area (Å²) in [6.45, 7) is 0. The van der Waals surface area contributed by atoms with Crippen molar-refractivity contribution in [3.05, 3.63) is 47.0 Å². The summed E-state index contributed by atoms with van der Waals surface area (Å²) in [6, 6.07) is 9.89. The van der Waals surface area contributed by atoms with Crippen molar-refractivity contribution in [3.8, 4) is 22.6 Å². The van der Waals surface area contributed by atoms with Crippen molar-refractivity contribution in [1.82, 2.24) is 0 Å². The Bertz CT molecular complexity index is 652. The van der Waals surface area contributed by atoms with E-state index in [1.165, 1.54) is 19.2 Å². The molecule has 0 aliphatic heterocycles. The summed E-state index contributed by atoms with van der Waals surface area (Å²) in [5, 5.41) is 9.57. The Morgan fingerprint density at radius 1 is 1.00 bits per heavy atom. The summed E-state index contributed by atoms with van der Waals surface area (Å²) in [5.74, 6) is 0.0779. The molecule has 2 aromatic carbocycles. The summed E-state index contributed by atoms with van der Waals surface area (Å²) in [4.78, 5) is 11.0. The monoisotopic (exact) mass is 292 g/mol. The highest BCUT2D eigenvalue weighted by Gasteiger charge is 2.14. The van der Waals surface area contributed by atoms with Gasteiger partial charge in [-0.25, -0.2) is 4.79 Å².